The van der Waals surface area contributed by atoms with Gasteiger partial charge in [0.25, 0.3) is 0 Å². The summed E-state index contributed by atoms with van der Waals surface area (Å²) in [6, 6.07) is 8.75. The normalized spacial score (nSPS) is 11.4. The lowest BCUT2D eigenvalue weighted by Gasteiger charge is -2.01. The molecule has 0 atom stereocenters. The Balaban J connectivity index is 2.05. The SMILES string of the molecule is Cc1ccn2c(N=Nc3cc(C(=O)O)ccc3C)c(C)nc2c1. The molecule has 6 heteroatoms. The molecule has 0 amide bonds. The summed E-state index contributed by atoms with van der Waals surface area (Å²) in [6.07, 6.45) is 1.90. The zero-order valence-corrected chi connectivity index (χ0v) is 13.1. The van der Waals surface area contributed by atoms with E-state index in [2.05, 4.69) is 15.2 Å². The van der Waals surface area contributed by atoms with Gasteiger partial charge in [-0.25, -0.2) is 9.78 Å². The third-order valence-corrected chi connectivity index (χ3v) is 3.63. The molecule has 0 unspecified atom stereocenters. The van der Waals surface area contributed by atoms with E-state index >= 15 is 0 Å². The Hall–Kier alpha value is -3.02. The summed E-state index contributed by atoms with van der Waals surface area (Å²) in [6.45, 7) is 5.74. The van der Waals surface area contributed by atoms with Crippen molar-refractivity contribution in [3.05, 3.63) is 58.9 Å². The summed E-state index contributed by atoms with van der Waals surface area (Å²) in [5, 5.41) is 17.6. The van der Waals surface area contributed by atoms with Crippen LogP contribution in [-0.4, -0.2) is 20.5 Å². The van der Waals surface area contributed by atoms with Gasteiger partial charge in [0.05, 0.1) is 16.9 Å². The lowest BCUT2D eigenvalue weighted by atomic mass is 10.1. The second-order valence-electron chi connectivity index (χ2n) is 5.46. The average Bonchev–Trinajstić information content (AvgIpc) is 2.80. The van der Waals surface area contributed by atoms with Crippen molar-refractivity contribution < 1.29 is 9.90 Å². The molecule has 116 valence electrons. The maximum atomic E-state index is 11.1. The van der Waals surface area contributed by atoms with E-state index in [0.29, 0.717) is 11.5 Å². The zero-order valence-electron chi connectivity index (χ0n) is 13.1. The highest BCUT2D eigenvalue weighted by Gasteiger charge is 2.09. The van der Waals surface area contributed by atoms with Crippen LogP contribution in [0.25, 0.3) is 5.65 Å². The van der Waals surface area contributed by atoms with Crippen LogP contribution in [0.3, 0.4) is 0 Å². The number of aryl methyl sites for hydroxylation is 3. The number of hydrogen-bond donors (Lipinski definition) is 1. The second kappa shape index (κ2) is 5.64. The highest BCUT2D eigenvalue weighted by Crippen LogP contribution is 2.26. The first-order chi connectivity index (χ1) is 11.0. The molecule has 0 aliphatic rings. The Bertz CT molecular complexity index is 941. The Labute approximate surface area is 133 Å². The van der Waals surface area contributed by atoms with Crippen molar-refractivity contribution in [3.63, 3.8) is 0 Å². The minimum atomic E-state index is -0.983. The Morgan fingerprint density at radius 2 is 1.91 bits per heavy atom. The number of aromatic nitrogens is 2. The van der Waals surface area contributed by atoms with Crippen LogP contribution in [0.2, 0.25) is 0 Å². The molecular formula is C17H16N4O2. The minimum Gasteiger partial charge on any atom is -0.478 e. The molecule has 2 heterocycles. The number of rotatable bonds is 3. The van der Waals surface area contributed by atoms with Gasteiger partial charge in [-0.05, 0) is 56.2 Å². The van der Waals surface area contributed by atoms with Crippen molar-refractivity contribution in [2.45, 2.75) is 20.8 Å². The predicted molar refractivity (Wildman–Crippen MR) is 87.0 cm³/mol. The number of imidazole rings is 1. The fourth-order valence-electron chi connectivity index (χ4n) is 2.32. The number of fused-ring (bicyclic) bond motifs is 1. The number of carbonyl (C=O) groups is 1. The first kappa shape index (κ1) is 14.9. The maximum Gasteiger partial charge on any atom is 0.335 e. The summed E-state index contributed by atoms with van der Waals surface area (Å²) in [7, 11) is 0. The smallest absolute Gasteiger partial charge is 0.335 e. The van der Waals surface area contributed by atoms with Crippen molar-refractivity contribution in [3.8, 4) is 0 Å². The average molecular weight is 308 g/mol. The molecule has 0 aliphatic heterocycles. The number of carboxylic acids is 1. The zero-order chi connectivity index (χ0) is 16.6. The Kier molecular flexibility index (Phi) is 3.65. The fourth-order valence-corrected chi connectivity index (χ4v) is 2.32. The van der Waals surface area contributed by atoms with Gasteiger partial charge in [0, 0.05) is 6.20 Å². The Morgan fingerprint density at radius 1 is 1.13 bits per heavy atom. The lowest BCUT2D eigenvalue weighted by molar-refractivity contribution is 0.0697. The number of carboxylic acid groups (broad SMARTS) is 1. The minimum absolute atomic E-state index is 0.190. The van der Waals surface area contributed by atoms with E-state index in [0.717, 1.165) is 22.5 Å². The molecular weight excluding hydrogens is 292 g/mol. The monoisotopic (exact) mass is 308 g/mol. The van der Waals surface area contributed by atoms with Crippen molar-refractivity contribution in [1.29, 1.82) is 0 Å². The van der Waals surface area contributed by atoms with Crippen LogP contribution in [0.15, 0.2) is 46.8 Å². The van der Waals surface area contributed by atoms with E-state index in [1.807, 2.05) is 43.5 Å². The Morgan fingerprint density at radius 3 is 2.65 bits per heavy atom. The first-order valence-corrected chi connectivity index (χ1v) is 7.16. The molecule has 0 aliphatic carbocycles. The molecule has 0 spiro atoms. The molecule has 1 aromatic carbocycles. The number of pyridine rings is 1. The maximum absolute atomic E-state index is 11.1. The highest BCUT2D eigenvalue weighted by molar-refractivity contribution is 5.88. The van der Waals surface area contributed by atoms with Crippen LogP contribution in [-0.2, 0) is 0 Å². The van der Waals surface area contributed by atoms with Crippen LogP contribution >= 0.6 is 0 Å². The van der Waals surface area contributed by atoms with Crippen LogP contribution in [0.1, 0.15) is 27.2 Å². The van der Waals surface area contributed by atoms with Crippen molar-refractivity contribution in [2.24, 2.45) is 10.2 Å². The molecule has 1 N–H and O–H groups in total. The summed E-state index contributed by atoms with van der Waals surface area (Å²) in [5.41, 5.74) is 4.29. The van der Waals surface area contributed by atoms with E-state index in [9.17, 15) is 4.79 Å². The molecule has 6 nitrogen and oxygen atoms in total. The standard InChI is InChI=1S/C17H16N4O2/c1-10-6-7-21-15(8-10)18-12(3)16(21)20-19-14-9-13(17(22)23)5-4-11(14)2/h4-9H,1-3H3,(H,22,23). The van der Waals surface area contributed by atoms with Crippen molar-refractivity contribution in [2.75, 3.05) is 0 Å². The van der Waals surface area contributed by atoms with E-state index < -0.39 is 5.97 Å². The second-order valence-corrected chi connectivity index (χ2v) is 5.46. The number of azo groups is 1. The molecule has 0 radical (unpaired) electrons. The van der Waals surface area contributed by atoms with Crippen molar-refractivity contribution >= 4 is 23.1 Å². The van der Waals surface area contributed by atoms with Crippen LogP contribution < -0.4 is 0 Å². The molecule has 0 fully saturated rings. The first-order valence-electron chi connectivity index (χ1n) is 7.16. The summed E-state index contributed by atoms with van der Waals surface area (Å²) >= 11 is 0. The van der Waals surface area contributed by atoms with Gasteiger partial charge in [0.15, 0.2) is 5.82 Å². The predicted octanol–water partition coefficient (Wildman–Crippen LogP) is 4.37. The summed E-state index contributed by atoms with van der Waals surface area (Å²) in [4.78, 5) is 15.5. The van der Waals surface area contributed by atoms with Crippen LogP contribution in [0, 0.1) is 20.8 Å². The largest absolute Gasteiger partial charge is 0.478 e. The van der Waals surface area contributed by atoms with E-state index in [4.69, 9.17) is 5.11 Å². The number of nitrogens with zero attached hydrogens (tertiary/aromatic N) is 4. The summed E-state index contributed by atoms with van der Waals surface area (Å²) < 4.78 is 1.86. The third-order valence-electron chi connectivity index (χ3n) is 3.63. The van der Waals surface area contributed by atoms with Crippen LogP contribution in [0.4, 0.5) is 11.5 Å². The van der Waals surface area contributed by atoms with Gasteiger partial charge in [-0.1, -0.05) is 6.07 Å². The quantitative estimate of drug-likeness (QED) is 0.729. The third kappa shape index (κ3) is 2.83. The highest BCUT2D eigenvalue weighted by atomic mass is 16.4. The van der Waals surface area contributed by atoms with Gasteiger partial charge in [0.2, 0.25) is 0 Å². The number of benzene rings is 1. The van der Waals surface area contributed by atoms with Gasteiger partial charge in [-0.2, -0.15) is 0 Å². The van der Waals surface area contributed by atoms with Gasteiger partial charge in [-0.15, -0.1) is 10.2 Å². The van der Waals surface area contributed by atoms with Crippen LogP contribution in [0.5, 0.6) is 0 Å². The molecule has 2 aromatic heterocycles. The van der Waals surface area contributed by atoms with E-state index in [-0.39, 0.29) is 5.56 Å². The molecule has 3 aromatic rings. The van der Waals surface area contributed by atoms with E-state index in [1.165, 1.54) is 6.07 Å². The van der Waals surface area contributed by atoms with Gasteiger partial charge in [-0.3, -0.25) is 4.40 Å². The molecule has 3 rings (SSSR count). The number of aromatic carboxylic acids is 1. The topological polar surface area (TPSA) is 79.3 Å². The van der Waals surface area contributed by atoms with Crippen molar-refractivity contribution in [1.82, 2.24) is 9.38 Å². The van der Waals surface area contributed by atoms with E-state index in [1.54, 1.807) is 12.1 Å². The molecule has 0 saturated carbocycles. The lowest BCUT2D eigenvalue weighted by Crippen LogP contribution is -1.95. The van der Waals surface area contributed by atoms with Gasteiger partial charge < -0.3 is 5.11 Å². The molecule has 23 heavy (non-hydrogen) atoms. The van der Waals surface area contributed by atoms with Gasteiger partial charge in [0.1, 0.15) is 5.65 Å². The fraction of sp³-hybridized carbons (Fsp3) is 0.176. The molecule has 0 bridgehead atoms. The summed E-state index contributed by atoms with van der Waals surface area (Å²) in [5.74, 6) is -0.344. The molecule has 0 saturated heterocycles. The number of hydrogen-bond acceptors (Lipinski definition) is 4. The van der Waals surface area contributed by atoms with Gasteiger partial charge >= 0.3 is 5.97 Å².